The molecule has 0 saturated heterocycles. The van der Waals surface area contributed by atoms with Crippen molar-refractivity contribution in [3.63, 3.8) is 0 Å². The number of fused-ring (bicyclic) bond motifs is 7. The van der Waals surface area contributed by atoms with Gasteiger partial charge in [0.1, 0.15) is 0 Å². The minimum Gasteiger partial charge on any atom is -0.309 e. The number of nitrogens with zero attached hydrogens (tertiary/aromatic N) is 2. The Labute approximate surface area is 211 Å². The molecule has 4 heteroatoms. The van der Waals surface area contributed by atoms with Crippen LogP contribution in [0.3, 0.4) is 0 Å². The average Bonchev–Trinajstić information content (AvgIpc) is 2.93. The molecule has 0 fully saturated rings. The maximum absolute atomic E-state index is 14.4. The Bertz CT molecular complexity index is 2070. The SMILES string of the molecule is Fc1cc2ccc3c4ccnc5c4c(cc3c2cc1F)N(c1ccccc1)c1cc2ccccc2cc1-5. The second kappa shape index (κ2) is 7.34. The van der Waals surface area contributed by atoms with Crippen molar-refractivity contribution in [1.29, 1.82) is 0 Å². The van der Waals surface area contributed by atoms with Crippen LogP contribution >= 0.6 is 0 Å². The molecular formula is C33H18F2N2. The largest absolute Gasteiger partial charge is 0.309 e. The molecule has 0 bridgehead atoms. The summed E-state index contributed by atoms with van der Waals surface area (Å²) in [6.07, 6.45) is 1.84. The Kier molecular flexibility index (Phi) is 4.04. The lowest BCUT2D eigenvalue weighted by atomic mass is 9.89. The molecule has 2 nitrogen and oxygen atoms in total. The zero-order chi connectivity index (χ0) is 24.7. The number of pyridine rings is 1. The minimum atomic E-state index is -0.846. The topological polar surface area (TPSA) is 16.1 Å². The van der Waals surface area contributed by atoms with Crippen LogP contribution in [0.5, 0.6) is 0 Å². The van der Waals surface area contributed by atoms with Gasteiger partial charge < -0.3 is 4.90 Å². The normalized spacial score (nSPS) is 12.5. The van der Waals surface area contributed by atoms with Gasteiger partial charge in [0.2, 0.25) is 0 Å². The van der Waals surface area contributed by atoms with E-state index in [0.717, 1.165) is 60.6 Å². The van der Waals surface area contributed by atoms with Gasteiger partial charge in [-0.15, -0.1) is 0 Å². The molecule has 0 aliphatic carbocycles. The number of hydrogen-bond donors (Lipinski definition) is 0. The van der Waals surface area contributed by atoms with Gasteiger partial charge in [-0.2, -0.15) is 0 Å². The second-order valence-corrected chi connectivity index (χ2v) is 9.51. The highest BCUT2D eigenvalue weighted by Gasteiger charge is 2.28. The van der Waals surface area contributed by atoms with Crippen molar-refractivity contribution in [3.8, 4) is 11.3 Å². The van der Waals surface area contributed by atoms with Gasteiger partial charge in [0, 0.05) is 22.8 Å². The first-order chi connectivity index (χ1) is 18.2. The lowest BCUT2D eigenvalue weighted by molar-refractivity contribution is 0.511. The van der Waals surface area contributed by atoms with Crippen LogP contribution in [-0.4, -0.2) is 4.98 Å². The Balaban J connectivity index is 1.59. The maximum atomic E-state index is 14.4. The van der Waals surface area contributed by atoms with Crippen molar-refractivity contribution < 1.29 is 8.78 Å². The van der Waals surface area contributed by atoms with Crippen LogP contribution in [0, 0.1) is 11.6 Å². The van der Waals surface area contributed by atoms with Crippen LogP contribution in [0.4, 0.5) is 25.8 Å². The monoisotopic (exact) mass is 480 g/mol. The van der Waals surface area contributed by atoms with Crippen molar-refractivity contribution in [3.05, 3.63) is 121 Å². The Morgan fingerprint density at radius 2 is 1.30 bits per heavy atom. The average molecular weight is 481 g/mol. The number of para-hydroxylation sites is 1. The van der Waals surface area contributed by atoms with Crippen molar-refractivity contribution in [1.82, 2.24) is 4.98 Å². The van der Waals surface area contributed by atoms with E-state index in [1.807, 2.05) is 48.7 Å². The van der Waals surface area contributed by atoms with Gasteiger partial charge in [-0.25, -0.2) is 8.78 Å². The third-order valence-electron chi connectivity index (χ3n) is 7.50. The zero-order valence-corrected chi connectivity index (χ0v) is 19.5. The molecule has 8 rings (SSSR count). The van der Waals surface area contributed by atoms with Gasteiger partial charge in [0.15, 0.2) is 11.6 Å². The quantitative estimate of drug-likeness (QED) is 0.218. The molecular weight excluding hydrogens is 462 g/mol. The van der Waals surface area contributed by atoms with Crippen LogP contribution in [0.15, 0.2) is 109 Å². The summed E-state index contributed by atoms with van der Waals surface area (Å²) in [6, 6.07) is 33.6. The highest BCUT2D eigenvalue weighted by molar-refractivity contribution is 6.26. The summed E-state index contributed by atoms with van der Waals surface area (Å²) in [5, 5.41) is 7.58. The fourth-order valence-corrected chi connectivity index (χ4v) is 5.85. The van der Waals surface area contributed by atoms with Gasteiger partial charge in [0.25, 0.3) is 0 Å². The third-order valence-corrected chi connectivity index (χ3v) is 7.50. The van der Waals surface area contributed by atoms with Crippen molar-refractivity contribution in [2.75, 3.05) is 4.90 Å². The summed E-state index contributed by atoms with van der Waals surface area (Å²) in [4.78, 5) is 7.13. The molecule has 1 aromatic heterocycles. The van der Waals surface area contributed by atoms with E-state index in [-0.39, 0.29) is 0 Å². The van der Waals surface area contributed by atoms with E-state index in [9.17, 15) is 8.78 Å². The van der Waals surface area contributed by atoms with E-state index < -0.39 is 11.6 Å². The molecule has 0 amide bonds. The van der Waals surface area contributed by atoms with Crippen LogP contribution in [0.2, 0.25) is 0 Å². The second-order valence-electron chi connectivity index (χ2n) is 9.51. The van der Waals surface area contributed by atoms with Gasteiger partial charge in [0.05, 0.1) is 17.1 Å². The highest BCUT2D eigenvalue weighted by atomic mass is 19.2. The molecule has 6 aromatic carbocycles. The predicted molar refractivity (Wildman–Crippen MR) is 148 cm³/mol. The van der Waals surface area contributed by atoms with Crippen molar-refractivity contribution in [2.45, 2.75) is 0 Å². The summed E-state index contributed by atoms with van der Waals surface area (Å²) in [5.74, 6) is -1.69. The zero-order valence-electron chi connectivity index (χ0n) is 19.5. The van der Waals surface area contributed by atoms with Crippen molar-refractivity contribution >= 4 is 60.2 Å². The Morgan fingerprint density at radius 3 is 2.14 bits per heavy atom. The predicted octanol–water partition coefficient (Wildman–Crippen LogP) is 9.42. The van der Waals surface area contributed by atoms with E-state index in [4.69, 9.17) is 4.98 Å². The highest BCUT2D eigenvalue weighted by Crippen LogP contribution is 2.53. The van der Waals surface area contributed by atoms with E-state index in [1.54, 1.807) is 0 Å². The lowest BCUT2D eigenvalue weighted by Gasteiger charge is -2.34. The summed E-state index contributed by atoms with van der Waals surface area (Å²) < 4.78 is 28.5. The molecule has 0 N–H and O–H groups in total. The molecule has 174 valence electrons. The van der Waals surface area contributed by atoms with E-state index in [2.05, 4.69) is 53.4 Å². The first-order valence-corrected chi connectivity index (χ1v) is 12.2. The van der Waals surface area contributed by atoms with Gasteiger partial charge in [-0.05, 0) is 86.2 Å². The molecule has 0 unspecified atom stereocenters. The molecule has 0 radical (unpaired) electrons. The molecule has 37 heavy (non-hydrogen) atoms. The van der Waals surface area contributed by atoms with Crippen LogP contribution in [0.25, 0.3) is 54.3 Å². The smallest absolute Gasteiger partial charge is 0.159 e. The van der Waals surface area contributed by atoms with Gasteiger partial charge >= 0.3 is 0 Å². The summed E-state index contributed by atoms with van der Waals surface area (Å²) in [5.41, 5.74) is 5.01. The molecule has 0 saturated carbocycles. The first-order valence-electron chi connectivity index (χ1n) is 12.2. The first kappa shape index (κ1) is 20.4. The van der Waals surface area contributed by atoms with E-state index in [0.29, 0.717) is 10.8 Å². The minimum absolute atomic E-state index is 0.667. The molecule has 1 aliphatic heterocycles. The fraction of sp³-hybridized carbons (Fsp3) is 0. The lowest BCUT2D eigenvalue weighted by Crippen LogP contribution is -2.15. The van der Waals surface area contributed by atoms with Crippen LogP contribution in [0.1, 0.15) is 0 Å². The number of benzene rings is 6. The number of anilines is 3. The number of rotatable bonds is 1. The standard InChI is InChI=1S/C33H18F2N2/c34-28-15-21-10-11-23-24-12-13-36-33-27-14-19-6-4-5-7-20(19)16-30(27)37(22-8-2-1-3-9-22)31(32(24)33)18-26(23)25(21)17-29(28)35/h1-18H. The van der Waals surface area contributed by atoms with Crippen LogP contribution in [-0.2, 0) is 0 Å². The summed E-state index contributed by atoms with van der Waals surface area (Å²) in [7, 11) is 0. The fourth-order valence-electron chi connectivity index (χ4n) is 5.85. The molecule has 2 heterocycles. The third kappa shape index (κ3) is 2.81. The van der Waals surface area contributed by atoms with Gasteiger partial charge in [-0.3, -0.25) is 4.98 Å². The van der Waals surface area contributed by atoms with Gasteiger partial charge in [-0.1, -0.05) is 54.6 Å². The molecule has 0 atom stereocenters. The van der Waals surface area contributed by atoms with E-state index in [1.165, 1.54) is 12.1 Å². The number of halogens is 2. The number of aromatic nitrogens is 1. The van der Waals surface area contributed by atoms with Crippen LogP contribution < -0.4 is 4.90 Å². The van der Waals surface area contributed by atoms with E-state index >= 15 is 0 Å². The Morgan fingerprint density at radius 1 is 0.541 bits per heavy atom. The summed E-state index contributed by atoms with van der Waals surface area (Å²) >= 11 is 0. The maximum Gasteiger partial charge on any atom is 0.159 e. The summed E-state index contributed by atoms with van der Waals surface area (Å²) in [6.45, 7) is 0. The Hall–Kier alpha value is -4.83. The molecule has 0 spiro atoms. The molecule has 1 aliphatic rings. The molecule has 7 aromatic rings. The van der Waals surface area contributed by atoms with Crippen molar-refractivity contribution in [2.24, 2.45) is 0 Å². The number of hydrogen-bond acceptors (Lipinski definition) is 2.